The van der Waals surface area contributed by atoms with E-state index in [1.807, 2.05) is 18.2 Å². The summed E-state index contributed by atoms with van der Waals surface area (Å²) in [5, 5.41) is 0. The molecule has 1 aliphatic carbocycles. The molecule has 6 nitrogen and oxygen atoms in total. The lowest BCUT2D eigenvalue weighted by atomic mass is 9.67. The molecule has 2 aromatic rings. The summed E-state index contributed by atoms with van der Waals surface area (Å²) in [6, 6.07) is 11.7. The molecule has 1 aliphatic rings. The van der Waals surface area contributed by atoms with Crippen LogP contribution in [0, 0.1) is 12.8 Å². The van der Waals surface area contributed by atoms with E-state index in [4.69, 9.17) is 20.1 Å². The number of aryl methyl sites for hydroxylation is 3. The Kier molecular flexibility index (Phi) is 7.30. The van der Waals surface area contributed by atoms with Crippen LogP contribution in [0.4, 0.5) is 0 Å². The van der Waals surface area contributed by atoms with Crippen LogP contribution < -0.4 is 5.73 Å². The summed E-state index contributed by atoms with van der Waals surface area (Å²) in [4.78, 5) is 41.2. The molecule has 0 spiro atoms. The number of hydrogen-bond acceptors (Lipinski definition) is 5. The fourth-order valence-electron chi connectivity index (χ4n) is 4.42. The lowest BCUT2D eigenvalue weighted by molar-refractivity contribution is -0.191. The van der Waals surface area contributed by atoms with E-state index in [9.17, 15) is 9.59 Å². The van der Waals surface area contributed by atoms with Crippen molar-refractivity contribution in [2.75, 3.05) is 7.11 Å². The van der Waals surface area contributed by atoms with Crippen molar-refractivity contribution in [2.45, 2.75) is 45.4 Å². The van der Waals surface area contributed by atoms with Crippen LogP contribution in [0.1, 0.15) is 58.4 Å². The van der Waals surface area contributed by atoms with E-state index in [1.54, 1.807) is 6.07 Å². The first-order valence-corrected chi connectivity index (χ1v) is 9.82. The monoisotopic (exact) mass is 409 g/mol. The highest BCUT2D eigenvalue weighted by molar-refractivity contribution is 5.94. The second kappa shape index (κ2) is 9.51. The first kappa shape index (κ1) is 23.0. The first-order chi connectivity index (χ1) is 14.2. The molecule has 158 valence electrons. The summed E-state index contributed by atoms with van der Waals surface area (Å²) in [5.41, 5.74) is 10.9. The Morgan fingerprint density at radius 1 is 1.07 bits per heavy atom. The molecular weight excluding hydrogens is 382 g/mol. The number of fused-ring (bicyclic) bond motifs is 2. The van der Waals surface area contributed by atoms with Crippen molar-refractivity contribution in [3.05, 3.63) is 69.8 Å². The number of carbonyl (C=O) groups excluding carboxylic acids is 4. The van der Waals surface area contributed by atoms with Crippen LogP contribution in [-0.2, 0) is 37.4 Å². The van der Waals surface area contributed by atoms with Crippen LogP contribution >= 0.6 is 0 Å². The third-order valence-corrected chi connectivity index (χ3v) is 5.51. The van der Waals surface area contributed by atoms with Gasteiger partial charge < -0.3 is 10.5 Å². The molecule has 0 bridgehead atoms. The minimum absolute atomic E-state index is 0.250. The highest BCUT2D eigenvalue weighted by Gasteiger charge is 2.45. The predicted octanol–water partition coefficient (Wildman–Crippen LogP) is 3.11. The number of amides is 1. The molecule has 0 saturated heterocycles. The predicted molar refractivity (Wildman–Crippen MR) is 111 cm³/mol. The molecule has 0 fully saturated rings. The molecule has 1 atom stereocenters. The van der Waals surface area contributed by atoms with Gasteiger partial charge in [0.05, 0.1) is 18.1 Å². The normalized spacial score (nSPS) is 16.8. The number of nitrogens with two attached hydrogens (primary N) is 1. The van der Waals surface area contributed by atoms with E-state index in [0.717, 1.165) is 40.7 Å². The molecule has 2 aromatic carbocycles. The van der Waals surface area contributed by atoms with E-state index in [1.165, 1.54) is 7.11 Å². The number of hydrogen-bond donors (Lipinski definition) is 1. The molecule has 0 aliphatic heterocycles. The van der Waals surface area contributed by atoms with Gasteiger partial charge in [0.1, 0.15) is 0 Å². The zero-order valence-electron chi connectivity index (χ0n) is 17.8. The molecule has 6 heteroatoms. The average Bonchev–Trinajstić information content (AvgIpc) is 2.82. The summed E-state index contributed by atoms with van der Waals surface area (Å²) in [6.45, 7) is 6.26. The second-order valence-electron chi connectivity index (χ2n) is 7.97. The fraction of sp³-hybridized carbons (Fsp3) is 0.375. The van der Waals surface area contributed by atoms with Crippen LogP contribution in [0.2, 0.25) is 0 Å². The Balaban J connectivity index is 0.00000101. The largest absolute Gasteiger partial charge is 0.465 e. The van der Waals surface area contributed by atoms with E-state index >= 15 is 0 Å². The summed E-state index contributed by atoms with van der Waals surface area (Å²) in [5.74, 6) is -0.433. The van der Waals surface area contributed by atoms with Crippen molar-refractivity contribution in [3.8, 4) is 0 Å². The Bertz CT molecular complexity index is 989. The number of benzene rings is 2. The van der Waals surface area contributed by atoms with Gasteiger partial charge in [-0.25, -0.2) is 4.79 Å². The second-order valence-corrected chi connectivity index (χ2v) is 7.97. The average molecular weight is 409 g/mol. The third kappa shape index (κ3) is 4.34. The maximum atomic E-state index is 13.0. The van der Waals surface area contributed by atoms with Crippen molar-refractivity contribution in [3.63, 3.8) is 0 Å². The molecule has 2 N–H and O–H groups in total. The highest BCUT2D eigenvalue weighted by Crippen LogP contribution is 2.44. The van der Waals surface area contributed by atoms with Gasteiger partial charge in [-0.3, -0.25) is 4.79 Å². The van der Waals surface area contributed by atoms with Gasteiger partial charge in [-0.2, -0.15) is 9.59 Å². The van der Waals surface area contributed by atoms with Gasteiger partial charge in [0, 0.05) is 0 Å². The minimum Gasteiger partial charge on any atom is -0.465 e. The minimum atomic E-state index is -0.891. The molecule has 30 heavy (non-hydrogen) atoms. The smallest absolute Gasteiger partial charge is 0.373 e. The van der Waals surface area contributed by atoms with Crippen molar-refractivity contribution in [2.24, 2.45) is 11.7 Å². The maximum absolute atomic E-state index is 13.0. The number of methoxy groups -OCH3 is 1. The Hall–Kier alpha value is -3.24. The lowest BCUT2D eigenvalue weighted by Gasteiger charge is -2.35. The van der Waals surface area contributed by atoms with Gasteiger partial charge in [-0.15, -0.1) is 0 Å². The van der Waals surface area contributed by atoms with Crippen molar-refractivity contribution in [1.29, 1.82) is 0 Å². The quantitative estimate of drug-likeness (QED) is 0.782. The van der Waals surface area contributed by atoms with E-state index in [2.05, 4.69) is 32.9 Å². The van der Waals surface area contributed by atoms with E-state index in [-0.39, 0.29) is 23.9 Å². The summed E-state index contributed by atoms with van der Waals surface area (Å²) in [6.07, 6.45) is 2.44. The Morgan fingerprint density at radius 2 is 1.60 bits per heavy atom. The van der Waals surface area contributed by atoms with Crippen LogP contribution in [0.15, 0.2) is 36.4 Å². The molecule has 0 saturated carbocycles. The molecule has 0 heterocycles. The summed E-state index contributed by atoms with van der Waals surface area (Å²) < 4.78 is 4.87. The number of primary amides is 1. The summed E-state index contributed by atoms with van der Waals surface area (Å²) in [7, 11) is 1.37. The zero-order chi connectivity index (χ0) is 22.5. The first-order valence-electron chi connectivity index (χ1n) is 9.82. The zero-order valence-corrected chi connectivity index (χ0v) is 17.8. The molecule has 1 unspecified atom stereocenters. The maximum Gasteiger partial charge on any atom is 0.373 e. The number of esters is 1. The van der Waals surface area contributed by atoms with Gasteiger partial charge in [0.15, 0.2) is 0 Å². The highest BCUT2D eigenvalue weighted by atomic mass is 16.5. The van der Waals surface area contributed by atoms with Gasteiger partial charge in [-0.05, 0) is 66.5 Å². The Labute approximate surface area is 176 Å². The van der Waals surface area contributed by atoms with Crippen molar-refractivity contribution in [1.82, 2.24) is 0 Å². The fourth-order valence-corrected chi connectivity index (χ4v) is 4.42. The van der Waals surface area contributed by atoms with Crippen LogP contribution in [0.5, 0.6) is 0 Å². The number of rotatable bonds is 4. The van der Waals surface area contributed by atoms with E-state index in [0.29, 0.717) is 12.0 Å². The van der Waals surface area contributed by atoms with Crippen molar-refractivity contribution < 1.29 is 23.9 Å². The van der Waals surface area contributed by atoms with Crippen LogP contribution in [0.3, 0.4) is 0 Å². The Morgan fingerprint density at radius 3 is 2.10 bits per heavy atom. The van der Waals surface area contributed by atoms with E-state index < -0.39 is 5.41 Å². The SMILES string of the molecule is COC(=O)c1ccc2c(c1)CCc1cc(C)ccc1C2(CC(C)C)C(N)=O.O=C=O. The number of ether oxygens (including phenoxy) is 1. The number of carbonyl (C=O) groups is 2. The molecule has 1 amide bonds. The lowest BCUT2D eigenvalue weighted by Crippen LogP contribution is -2.44. The molecule has 3 rings (SSSR count). The topological polar surface area (TPSA) is 104 Å². The molecule has 0 aromatic heterocycles. The summed E-state index contributed by atoms with van der Waals surface area (Å²) >= 11 is 0. The van der Waals surface area contributed by atoms with Crippen LogP contribution in [-0.4, -0.2) is 25.1 Å². The van der Waals surface area contributed by atoms with Gasteiger partial charge >= 0.3 is 12.1 Å². The van der Waals surface area contributed by atoms with Crippen LogP contribution in [0.25, 0.3) is 0 Å². The van der Waals surface area contributed by atoms with Gasteiger partial charge in [0.2, 0.25) is 5.91 Å². The van der Waals surface area contributed by atoms with Gasteiger partial charge in [0.25, 0.3) is 0 Å². The van der Waals surface area contributed by atoms with Crippen molar-refractivity contribution >= 4 is 18.0 Å². The standard InChI is InChI=1S/C23H27NO3.CO2/c1-14(2)13-23(22(24)26)19-9-5-15(3)11-16(19)6-7-17-12-18(21(25)27-4)8-10-20(17)23;2-1-3/h5,8-12,14H,6-7,13H2,1-4H3,(H2,24,26);. The van der Waals surface area contributed by atoms with Gasteiger partial charge in [-0.1, -0.05) is 43.7 Å². The molecular formula is C24H27NO5. The third-order valence-electron chi connectivity index (χ3n) is 5.51. The molecule has 0 radical (unpaired) electrons.